The number of hydrogen-bond acceptors (Lipinski definition) is 6. The summed E-state index contributed by atoms with van der Waals surface area (Å²) in [4.78, 5) is 12.9. The van der Waals surface area contributed by atoms with Gasteiger partial charge in [0.2, 0.25) is 0 Å². The third-order valence-electron chi connectivity index (χ3n) is 2.70. The highest BCUT2D eigenvalue weighted by atomic mass is 19.1. The van der Waals surface area contributed by atoms with Crippen molar-refractivity contribution in [1.29, 1.82) is 0 Å². The van der Waals surface area contributed by atoms with E-state index in [1.165, 1.54) is 0 Å². The molecular weight excluding hydrogens is 265 g/mol. The molecule has 20 heavy (non-hydrogen) atoms. The summed E-state index contributed by atoms with van der Waals surface area (Å²) in [6.45, 7) is -0.532. The Balaban J connectivity index is 2.05. The molecule has 1 heterocycles. The number of nitrogens with zero attached hydrogens (tertiary/aromatic N) is 5. The van der Waals surface area contributed by atoms with E-state index < -0.39 is 12.7 Å². The lowest BCUT2D eigenvalue weighted by Crippen LogP contribution is -2.40. The molecule has 0 saturated heterocycles. The lowest BCUT2D eigenvalue weighted by atomic mass is 10.1. The molecular formula is C11H12FN7O. The number of benzene rings is 1. The van der Waals surface area contributed by atoms with Crippen LogP contribution < -0.4 is 11.0 Å². The van der Waals surface area contributed by atoms with Gasteiger partial charge in [-0.05, 0) is 22.8 Å². The lowest BCUT2D eigenvalue weighted by molar-refractivity contribution is 0.240. The van der Waals surface area contributed by atoms with E-state index in [0.717, 1.165) is 11.3 Å². The van der Waals surface area contributed by atoms with E-state index in [1.54, 1.807) is 35.5 Å². The minimum Gasteiger partial charge on any atom is -0.302 e. The number of azide groups is 1. The largest absolute Gasteiger partial charge is 0.302 e. The third kappa shape index (κ3) is 3.22. The molecule has 2 rings (SSSR count). The fourth-order valence-corrected chi connectivity index (χ4v) is 1.72. The summed E-state index contributed by atoms with van der Waals surface area (Å²) in [5.74, 6) is 0. The van der Waals surface area contributed by atoms with Crippen LogP contribution in [0.1, 0.15) is 5.56 Å². The summed E-state index contributed by atoms with van der Waals surface area (Å²) in [5, 5.41) is 7.75. The summed E-state index contributed by atoms with van der Waals surface area (Å²) in [5.41, 5.74) is 16.0. The third-order valence-corrected chi connectivity index (χ3v) is 2.70. The van der Waals surface area contributed by atoms with Crippen LogP contribution in [0.2, 0.25) is 0 Å². The second-order valence-electron chi connectivity index (χ2n) is 4.08. The highest BCUT2D eigenvalue weighted by Gasteiger charge is 2.16. The smallest absolute Gasteiger partial charge is 0.108 e. The van der Waals surface area contributed by atoms with Crippen molar-refractivity contribution in [3.05, 3.63) is 51.4 Å². The molecule has 0 aliphatic carbocycles. The first-order valence-corrected chi connectivity index (χ1v) is 5.81. The van der Waals surface area contributed by atoms with Gasteiger partial charge in [0.15, 0.2) is 0 Å². The van der Waals surface area contributed by atoms with Gasteiger partial charge in [0.1, 0.15) is 5.69 Å². The Morgan fingerprint density at radius 3 is 2.75 bits per heavy atom. The van der Waals surface area contributed by atoms with Crippen molar-refractivity contribution >= 4 is 11.4 Å². The number of nitrogens with one attached hydrogen (secondary N) is 2. The van der Waals surface area contributed by atoms with Crippen molar-refractivity contribution in [3.63, 3.8) is 0 Å². The molecule has 8 nitrogen and oxygen atoms in total. The Kier molecular flexibility index (Phi) is 4.48. The van der Waals surface area contributed by atoms with E-state index in [0.29, 0.717) is 5.69 Å². The number of hydrazine groups is 2. The van der Waals surface area contributed by atoms with Gasteiger partial charge < -0.3 is 5.43 Å². The molecule has 0 fully saturated rings. The molecule has 1 aliphatic heterocycles. The number of nitroso groups, excluding NO2 is 1. The maximum atomic E-state index is 12.6. The minimum absolute atomic E-state index is 0.199. The molecule has 1 aromatic rings. The fraction of sp³-hybridized carbons (Fsp3) is 0.273. The van der Waals surface area contributed by atoms with Crippen molar-refractivity contribution in [3.8, 4) is 0 Å². The van der Waals surface area contributed by atoms with Crippen LogP contribution in [-0.4, -0.2) is 24.3 Å². The van der Waals surface area contributed by atoms with E-state index in [1.807, 2.05) is 0 Å². The molecule has 0 amide bonds. The predicted molar refractivity (Wildman–Crippen MR) is 71.8 cm³/mol. The molecule has 1 aliphatic rings. The standard InChI is InChI=1S/C11H12FN7O/c12-5-10(14-17-13)6-19-7-11(15-18-19)8-1-3-9(16-20)4-2-8/h1-4,7,10,15,18H,5-6H2. The van der Waals surface area contributed by atoms with E-state index in [9.17, 15) is 9.30 Å². The van der Waals surface area contributed by atoms with Crippen molar-refractivity contribution in [2.75, 3.05) is 13.2 Å². The highest BCUT2D eigenvalue weighted by molar-refractivity contribution is 5.65. The van der Waals surface area contributed by atoms with Gasteiger partial charge in [-0.2, -0.15) is 0 Å². The predicted octanol–water partition coefficient (Wildman–Crippen LogP) is 2.36. The maximum absolute atomic E-state index is 12.6. The summed E-state index contributed by atoms with van der Waals surface area (Å²) in [7, 11) is 0. The van der Waals surface area contributed by atoms with Crippen molar-refractivity contribution in [1.82, 2.24) is 16.0 Å². The molecule has 0 spiro atoms. The fourth-order valence-electron chi connectivity index (χ4n) is 1.72. The monoisotopic (exact) mass is 277 g/mol. The van der Waals surface area contributed by atoms with Crippen molar-refractivity contribution in [2.24, 2.45) is 10.3 Å². The van der Waals surface area contributed by atoms with Gasteiger partial charge in [-0.15, -0.1) is 10.4 Å². The first-order chi connectivity index (χ1) is 9.76. The summed E-state index contributed by atoms with van der Waals surface area (Å²) in [6, 6.07) is 5.91. The van der Waals surface area contributed by atoms with Crippen LogP contribution >= 0.6 is 0 Å². The molecule has 0 aromatic heterocycles. The molecule has 0 saturated carbocycles. The number of rotatable bonds is 6. The van der Waals surface area contributed by atoms with Gasteiger partial charge in [-0.3, -0.25) is 9.40 Å². The average Bonchev–Trinajstić information content (AvgIpc) is 2.95. The zero-order valence-electron chi connectivity index (χ0n) is 10.4. The topological polar surface area (TPSA) is 105 Å². The van der Waals surface area contributed by atoms with Gasteiger partial charge >= 0.3 is 0 Å². The highest BCUT2D eigenvalue weighted by Crippen LogP contribution is 2.19. The van der Waals surface area contributed by atoms with Crippen LogP contribution in [-0.2, 0) is 0 Å². The maximum Gasteiger partial charge on any atom is 0.108 e. The lowest BCUT2D eigenvalue weighted by Gasteiger charge is -2.17. The summed E-state index contributed by atoms with van der Waals surface area (Å²) >= 11 is 0. The average molecular weight is 277 g/mol. The molecule has 1 aromatic carbocycles. The number of halogens is 1. The SMILES string of the molecule is [N-]=[N+]=NC(CF)CN1C=C(c2ccc(N=O)cc2)NN1. The zero-order chi connectivity index (χ0) is 14.4. The van der Waals surface area contributed by atoms with E-state index in [4.69, 9.17) is 5.53 Å². The first kappa shape index (κ1) is 13.8. The second kappa shape index (κ2) is 6.50. The Bertz CT molecular complexity index is 552. The molecule has 2 N–H and O–H groups in total. The normalized spacial score (nSPS) is 15.1. The second-order valence-corrected chi connectivity index (χ2v) is 4.08. The number of alkyl halides is 1. The summed E-state index contributed by atoms with van der Waals surface area (Å²) in [6.07, 6.45) is 1.72. The van der Waals surface area contributed by atoms with E-state index in [2.05, 4.69) is 26.2 Å². The van der Waals surface area contributed by atoms with Crippen LogP contribution in [0.4, 0.5) is 10.1 Å². The van der Waals surface area contributed by atoms with Crippen LogP contribution in [0.3, 0.4) is 0 Å². The van der Waals surface area contributed by atoms with Crippen LogP contribution in [0.25, 0.3) is 16.1 Å². The Hall–Kier alpha value is -2.64. The van der Waals surface area contributed by atoms with E-state index >= 15 is 0 Å². The molecule has 0 radical (unpaired) electrons. The summed E-state index contributed by atoms with van der Waals surface area (Å²) < 4.78 is 12.6. The Labute approximate surface area is 113 Å². The molecule has 9 heteroatoms. The molecule has 1 atom stereocenters. The van der Waals surface area contributed by atoms with Gasteiger partial charge in [0.25, 0.3) is 0 Å². The van der Waals surface area contributed by atoms with Gasteiger partial charge in [-0.25, -0.2) is 0 Å². The molecule has 1 unspecified atom stereocenters. The zero-order valence-corrected chi connectivity index (χ0v) is 10.4. The van der Waals surface area contributed by atoms with Gasteiger partial charge in [0.05, 0.1) is 18.4 Å². The Morgan fingerprint density at radius 2 is 2.15 bits per heavy atom. The number of hydrogen-bond donors (Lipinski definition) is 2. The van der Waals surface area contributed by atoms with Crippen molar-refractivity contribution in [2.45, 2.75) is 6.04 Å². The van der Waals surface area contributed by atoms with Crippen LogP contribution in [0.15, 0.2) is 40.8 Å². The van der Waals surface area contributed by atoms with Gasteiger partial charge in [-0.1, -0.05) is 17.2 Å². The van der Waals surface area contributed by atoms with Gasteiger partial charge in [0, 0.05) is 23.2 Å². The quantitative estimate of drug-likeness (QED) is 0.360. The molecule has 0 bridgehead atoms. The van der Waals surface area contributed by atoms with E-state index in [-0.39, 0.29) is 6.54 Å². The van der Waals surface area contributed by atoms with Crippen LogP contribution in [0, 0.1) is 4.91 Å². The first-order valence-electron chi connectivity index (χ1n) is 5.81. The Morgan fingerprint density at radius 1 is 1.40 bits per heavy atom. The van der Waals surface area contributed by atoms with Crippen LogP contribution in [0.5, 0.6) is 0 Å². The molecule has 104 valence electrons. The minimum atomic E-state index is -0.758. The van der Waals surface area contributed by atoms with Crippen molar-refractivity contribution < 1.29 is 4.39 Å².